The molecule has 3 heteroatoms. The molecule has 1 aliphatic carbocycles. The summed E-state index contributed by atoms with van der Waals surface area (Å²) in [5.74, 6) is 3.12. The highest BCUT2D eigenvalue weighted by Gasteiger charge is 2.37. The van der Waals surface area contributed by atoms with Gasteiger partial charge in [-0.25, -0.2) is 0 Å². The standard InChI is InChI=1S/C12H15BrO2/c1-14-11-4-3-8(6-12(11)15-2)10-5-9(10)7-13/h3-4,6,9-10H,5,7H2,1-2H3. The van der Waals surface area contributed by atoms with Gasteiger partial charge in [-0.2, -0.15) is 0 Å². The van der Waals surface area contributed by atoms with E-state index in [2.05, 4.69) is 28.1 Å². The number of rotatable bonds is 4. The smallest absolute Gasteiger partial charge is 0.160 e. The van der Waals surface area contributed by atoms with Crippen LogP contribution >= 0.6 is 15.9 Å². The third-order valence-electron chi connectivity index (χ3n) is 2.96. The summed E-state index contributed by atoms with van der Waals surface area (Å²) in [5, 5.41) is 1.09. The van der Waals surface area contributed by atoms with Crippen molar-refractivity contribution in [2.45, 2.75) is 12.3 Å². The molecule has 0 amide bonds. The van der Waals surface area contributed by atoms with Gasteiger partial charge in [-0.05, 0) is 36.0 Å². The molecule has 2 nitrogen and oxygen atoms in total. The van der Waals surface area contributed by atoms with Crippen molar-refractivity contribution in [1.82, 2.24) is 0 Å². The normalized spacial score (nSPS) is 23.7. The van der Waals surface area contributed by atoms with Crippen molar-refractivity contribution in [3.8, 4) is 11.5 Å². The van der Waals surface area contributed by atoms with Crippen molar-refractivity contribution >= 4 is 15.9 Å². The fourth-order valence-electron chi connectivity index (χ4n) is 1.91. The summed E-state index contributed by atoms with van der Waals surface area (Å²) in [5.41, 5.74) is 1.36. The Morgan fingerprint density at radius 2 is 2.00 bits per heavy atom. The van der Waals surface area contributed by atoms with E-state index in [4.69, 9.17) is 9.47 Å². The second-order valence-corrected chi connectivity index (χ2v) is 4.52. The molecule has 1 aromatic carbocycles. The third kappa shape index (κ3) is 2.12. The summed E-state index contributed by atoms with van der Waals surface area (Å²) in [7, 11) is 3.34. The van der Waals surface area contributed by atoms with E-state index in [1.807, 2.05) is 6.07 Å². The van der Waals surface area contributed by atoms with E-state index in [0.29, 0.717) is 5.92 Å². The van der Waals surface area contributed by atoms with E-state index >= 15 is 0 Å². The highest BCUT2D eigenvalue weighted by Crippen LogP contribution is 2.49. The van der Waals surface area contributed by atoms with Crippen molar-refractivity contribution in [1.29, 1.82) is 0 Å². The number of hydrogen-bond donors (Lipinski definition) is 0. The Labute approximate surface area is 98.7 Å². The highest BCUT2D eigenvalue weighted by molar-refractivity contribution is 9.09. The molecule has 1 aliphatic rings. The molecular formula is C12H15BrO2. The van der Waals surface area contributed by atoms with Gasteiger partial charge >= 0.3 is 0 Å². The van der Waals surface area contributed by atoms with Gasteiger partial charge in [-0.3, -0.25) is 0 Å². The molecule has 0 heterocycles. The minimum atomic E-state index is 0.698. The van der Waals surface area contributed by atoms with Crippen LogP contribution in [0, 0.1) is 5.92 Å². The number of halogens is 1. The van der Waals surface area contributed by atoms with Crippen LogP contribution in [0.1, 0.15) is 17.9 Å². The predicted molar refractivity (Wildman–Crippen MR) is 64.2 cm³/mol. The summed E-state index contributed by atoms with van der Waals surface area (Å²) in [6.45, 7) is 0. The average Bonchev–Trinajstić information content (AvgIpc) is 3.07. The fraction of sp³-hybridized carbons (Fsp3) is 0.500. The molecule has 0 aliphatic heterocycles. The van der Waals surface area contributed by atoms with Crippen LogP contribution in [0.4, 0.5) is 0 Å². The lowest BCUT2D eigenvalue weighted by atomic mass is 10.1. The average molecular weight is 271 g/mol. The van der Waals surface area contributed by atoms with Gasteiger partial charge in [0.1, 0.15) is 0 Å². The first kappa shape index (κ1) is 10.8. The number of benzene rings is 1. The molecule has 2 unspecified atom stereocenters. The fourth-order valence-corrected chi connectivity index (χ4v) is 2.63. The first-order valence-electron chi connectivity index (χ1n) is 5.08. The monoisotopic (exact) mass is 270 g/mol. The molecule has 2 atom stereocenters. The third-order valence-corrected chi connectivity index (χ3v) is 3.79. The molecule has 2 rings (SSSR count). The molecule has 1 fully saturated rings. The van der Waals surface area contributed by atoms with Gasteiger partial charge in [-0.15, -0.1) is 0 Å². The van der Waals surface area contributed by atoms with Crippen LogP contribution in [0.15, 0.2) is 18.2 Å². The van der Waals surface area contributed by atoms with E-state index in [1.54, 1.807) is 14.2 Å². The lowest BCUT2D eigenvalue weighted by molar-refractivity contribution is 0.354. The van der Waals surface area contributed by atoms with Gasteiger partial charge in [0.05, 0.1) is 14.2 Å². The van der Waals surface area contributed by atoms with Crippen molar-refractivity contribution in [3.05, 3.63) is 23.8 Å². The van der Waals surface area contributed by atoms with Crippen molar-refractivity contribution < 1.29 is 9.47 Å². The molecule has 1 aromatic rings. The van der Waals surface area contributed by atoms with Crippen molar-refractivity contribution in [3.63, 3.8) is 0 Å². The van der Waals surface area contributed by atoms with Crippen LogP contribution in [0.25, 0.3) is 0 Å². The van der Waals surface area contributed by atoms with Gasteiger partial charge in [0.25, 0.3) is 0 Å². The van der Waals surface area contributed by atoms with Crippen LogP contribution in [-0.4, -0.2) is 19.5 Å². The molecule has 0 saturated heterocycles. The Kier molecular flexibility index (Phi) is 3.19. The van der Waals surface area contributed by atoms with Gasteiger partial charge < -0.3 is 9.47 Å². The molecule has 0 radical (unpaired) electrons. The Hall–Kier alpha value is -0.700. The van der Waals surface area contributed by atoms with E-state index in [9.17, 15) is 0 Å². The molecule has 0 aromatic heterocycles. The topological polar surface area (TPSA) is 18.5 Å². The molecule has 82 valence electrons. The maximum atomic E-state index is 5.29. The molecule has 0 bridgehead atoms. The maximum absolute atomic E-state index is 5.29. The van der Waals surface area contributed by atoms with Crippen molar-refractivity contribution in [2.75, 3.05) is 19.5 Å². The van der Waals surface area contributed by atoms with E-state index in [0.717, 1.165) is 22.7 Å². The minimum absolute atomic E-state index is 0.698. The number of hydrogen-bond acceptors (Lipinski definition) is 2. The zero-order valence-electron chi connectivity index (χ0n) is 9.00. The SMILES string of the molecule is COc1ccc(C2CC2CBr)cc1OC. The van der Waals surface area contributed by atoms with Gasteiger partial charge in [-0.1, -0.05) is 22.0 Å². The van der Waals surface area contributed by atoms with Crippen LogP contribution in [0.5, 0.6) is 11.5 Å². The van der Waals surface area contributed by atoms with Gasteiger partial charge in [0.2, 0.25) is 0 Å². The lowest BCUT2D eigenvalue weighted by Crippen LogP contribution is -1.92. The minimum Gasteiger partial charge on any atom is -0.493 e. The first-order chi connectivity index (χ1) is 7.30. The Bertz CT molecular complexity index is 351. The molecule has 0 N–H and O–H groups in total. The van der Waals surface area contributed by atoms with Crippen LogP contribution < -0.4 is 9.47 Å². The molecule has 15 heavy (non-hydrogen) atoms. The van der Waals surface area contributed by atoms with Crippen LogP contribution in [-0.2, 0) is 0 Å². The maximum Gasteiger partial charge on any atom is 0.160 e. The Balaban J connectivity index is 2.20. The highest BCUT2D eigenvalue weighted by atomic mass is 79.9. The summed E-state index contributed by atoms with van der Waals surface area (Å²) in [4.78, 5) is 0. The zero-order chi connectivity index (χ0) is 10.8. The summed E-state index contributed by atoms with van der Waals surface area (Å²) in [6.07, 6.45) is 1.28. The van der Waals surface area contributed by atoms with E-state index in [1.165, 1.54) is 12.0 Å². The quantitative estimate of drug-likeness (QED) is 0.783. The zero-order valence-corrected chi connectivity index (χ0v) is 10.6. The Morgan fingerprint density at radius 1 is 1.27 bits per heavy atom. The first-order valence-corrected chi connectivity index (χ1v) is 6.20. The summed E-state index contributed by atoms with van der Waals surface area (Å²) in [6, 6.07) is 6.21. The van der Waals surface area contributed by atoms with E-state index in [-0.39, 0.29) is 0 Å². The van der Waals surface area contributed by atoms with Crippen LogP contribution in [0.2, 0.25) is 0 Å². The Morgan fingerprint density at radius 3 is 2.53 bits per heavy atom. The molecule has 1 saturated carbocycles. The summed E-state index contributed by atoms with van der Waals surface area (Å²) >= 11 is 3.52. The van der Waals surface area contributed by atoms with Crippen LogP contribution in [0.3, 0.4) is 0 Å². The largest absolute Gasteiger partial charge is 0.493 e. The second-order valence-electron chi connectivity index (χ2n) is 3.87. The summed E-state index contributed by atoms with van der Waals surface area (Å²) < 4.78 is 10.5. The lowest BCUT2D eigenvalue weighted by Gasteiger charge is -2.09. The number of alkyl halides is 1. The molecular weight excluding hydrogens is 256 g/mol. The second kappa shape index (κ2) is 4.44. The van der Waals surface area contributed by atoms with Crippen molar-refractivity contribution in [2.24, 2.45) is 5.92 Å². The predicted octanol–water partition coefficient (Wildman–Crippen LogP) is 3.20. The number of methoxy groups -OCH3 is 2. The van der Waals surface area contributed by atoms with Gasteiger partial charge in [0, 0.05) is 5.33 Å². The number of ether oxygens (including phenoxy) is 2. The van der Waals surface area contributed by atoms with Gasteiger partial charge in [0.15, 0.2) is 11.5 Å². The van der Waals surface area contributed by atoms with E-state index < -0.39 is 0 Å². The molecule has 0 spiro atoms.